The third-order valence-electron chi connectivity index (χ3n) is 10.4. The van der Waals surface area contributed by atoms with Crippen molar-refractivity contribution in [3.8, 4) is 0 Å². The number of rotatable bonds is 2. The number of fused-ring (bicyclic) bond motifs is 3. The maximum absolute atomic E-state index is 14.0. The van der Waals surface area contributed by atoms with Crippen LogP contribution in [0.2, 0.25) is 0 Å². The van der Waals surface area contributed by atoms with Crippen molar-refractivity contribution < 1.29 is 43.8 Å². The van der Waals surface area contributed by atoms with Gasteiger partial charge in [-0.15, -0.1) is 0 Å². The standard InChI is InChI=1S/C32H46O9/c1-5-25-19(3)9-10-31(40-25)15-23-12-22(39-31)13-26-30(4,41-26)14-18(2)7-6-8-21-17-37-28-27(34)20(16-33)11-24(29(35)38-23)32(21,28)36/h6-8,11,18-19,22-28,33-34,36H,5,9-10,12-17H2,1-4H3/b7-6+,21-8+/t18-,19-,22-,23-,24-,25?,26-,27+,28+,30-,31+,32+/m0/s1. The van der Waals surface area contributed by atoms with E-state index in [1.807, 2.05) is 6.08 Å². The van der Waals surface area contributed by atoms with E-state index >= 15 is 0 Å². The van der Waals surface area contributed by atoms with Crippen LogP contribution in [0.4, 0.5) is 0 Å². The van der Waals surface area contributed by atoms with Crippen LogP contribution in [0.1, 0.15) is 72.6 Å². The molecule has 0 aromatic carbocycles. The Morgan fingerprint density at radius 2 is 1.90 bits per heavy atom. The molecule has 41 heavy (non-hydrogen) atoms. The molecular formula is C32H46O9. The lowest BCUT2D eigenvalue weighted by atomic mass is 9.70. The van der Waals surface area contributed by atoms with Crippen molar-refractivity contribution in [3.05, 3.63) is 35.5 Å². The van der Waals surface area contributed by atoms with Gasteiger partial charge in [-0.2, -0.15) is 0 Å². The zero-order chi connectivity index (χ0) is 29.2. The molecule has 5 heterocycles. The third-order valence-corrected chi connectivity index (χ3v) is 10.4. The quantitative estimate of drug-likeness (QED) is 0.259. The summed E-state index contributed by atoms with van der Waals surface area (Å²) in [4.78, 5) is 14.0. The smallest absolute Gasteiger partial charge is 0.316 e. The number of aliphatic hydroxyl groups excluding tert-OH is 2. The summed E-state index contributed by atoms with van der Waals surface area (Å²) in [7, 11) is 0. The molecule has 0 amide bonds. The van der Waals surface area contributed by atoms with Crippen LogP contribution in [0.25, 0.3) is 0 Å². The van der Waals surface area contributed by atoms with Gasteiger partial charge in [-0.05, 0) is 49.2 Å². The Bertz CT molecular complexity index is 1120. The highest BCUT2D eigenvalue weighted by molar-refractivity contribution is 5.78. The van der Waals surface area contributed by atoms with Gasteiger partial charge < -0.3 is 39.0 Å². The molecule has 1 spiro atoms. The van der Waals surface area contributed by atoms with Gasteiger partial charge in [0.05, 0.1) is 37.1 Å². The molecule has 0 saturated carbocycles. The lowest BCUT2D eigenvalue weighted by Crippen LogP contribution is -2.58. The summed E-state index contributed by atoms with van der Waals surface area (Å²) < 4.78 is 31.7. The Morgan fingerprint density at radius 1 is 1.10 bits per heavy atom. The number of aliphatic hydroxyl groups is 3. The monoisotopic (exact) mass is 574 g/mol. The normalized spacial score (nSPS) is 52.0. The lowest BCUT2D eigenvalue weighted by Gasteiger charge is -2.50. The van der Waals surface area contributed by atoms with Gasteiger partial charge in [0.1, 0.15) is 29.8 Å². The Labute approximate surface area is 242 Å². The van der Waals surface area contributed by atoms with Crippen LogP contribution in [0.5, 0.6) is 0 Å². The van der Waals surface area contributed by atoms with E-state index in [2.05, 4.69) is 33.8 Å². The number of hydrogen-bond acceptors (Lipinski definition) is 9. The van der Waals surface area contributed by atoms with Crippen molar-refractivity contribution in [3.63, 3.8) is 0 Å². The SMILES string of the molecule is CCC1O[C@]2(CC[C@@H]1C)C[C@@H]1C[C@@H](C[C@@H]3O[C@@]3(C)C[C@@H](C)/C=C/C=C3\CO[C@@H]4[C@H](O)C(CO)=C[C@@H](C(=O)O1)[C@]34O)O2. The summed E-state index contributed by atoms with van der Waals surface area (Å²) in [6.45, 7) is 8.21. The van der Waals surface area contributed by atoms with E-state index in [0.717, 1.165) is 25.7 Å². The molecule has 1 unspecified atom stereocenters. The van der Waals surface area contributed by atoms with E-state index in [-0.39, 0.29) is 42.0 Å². The van der Waals surface area contributed by atoms with E-state index in [9.17, 15) is 20.1 Å². The van der Waals surface area contributed by atoms with E-state index in [0.29, 0.717) is 30.8 Å². The average molecular weight is 575 g/mol. The largest absolute Gasteiger partial charge is 0.462 e. The fourth-order valence-electron chi connectivity index (χ4n) is 8.00. The number of allylic oxidation sites excluding steroid dienone is 3. The first-order valence-corrected chi connectivity index (χ1v) is 15.5. The van der Waals surface area contributed by atoms with Crippen LogP contribution in [-0.4, -0.2) is 88.1 Å². The van der Waals surface area contributed by atoms with Crippen molar-refractivity contribution in [2.24, 2.45) is 17.8 Å². The van der Waals surface area contributed by atoms with Gasteiger partial charge in [0, 0.05) is 25.7 Å². The van der Waals surface area contributed by atoms with Crippen molar-refractivity contribution in [2.45, 2.75) is 126 Å². The number of carbonyl (C=O) groups excluding carboxylic acids is 1. The highest BCUT2D eigenvalue weighted by Gasteiger charge is 2.61. The number of esters is 1. The fraction of sp³-hybridized carbons (Fsp3) is 0.781. The van der Waals surface area contributed by atoms with Crippen molar-refractivity contribution in [1.82, 2.24) is 0 Å². The zero-order valence-corrected chi connectivity index (χ0v) is 24.7. The molecule has 1 aliphatic carbocycles. The maximum atomic E-state index is 14.0. The molecule has 4 fully saturated rings. The number of carbonyl (C=O) groups is 1. The van der Waals surface area contributed by atoms with E-state index < -0.39 is 48.2 Å². The van der Waals surface area contributed by atoms with Crippen LogP contribution in [-0.2, 0) is 28.5 Å². The maximum Gasteiger partial charge on any atom is 0.316 e. The van der Waals surface area contributed by atoms with Gasteiger partial charge in [0.25, 0.3) is 0 Å². The molecule has 5 aliphatic heterocycles. The predicted molar refractivity (Wildman–Crippen MR) is 149 cm³/mol. The van der Waals surface area contributed by atoms with Crippen LogP contribution in [0.15, 0.2) is 35.5 Å². The molecular weight excluding hydrogens is 528 g/mol. The van der Waals surface area contributed by atoms with Gasteiger partial charge in [-0.3, -0.25) is 4.79 Å². The molecule has 228 valence electrons. The third kappa shape index (κ3) is 5.26. The number of ether oxygens (including phenoxy) is 5. The molecule has 3 N–H and O–H groups in total. The minimum atomic E-state index is -1.80. The van der Waals surface area contributed by atoms with Crippen LogP contribution in [0.3, 0.4) is 0 Å². The van der Waals surface area contributed by atoms with Crippen molar-refractivity contribution >= 4 is 5.97 Å². The van der Waals surface area contributed by atoms with Gasteiger partial charge in [0.15, 0.2) is 5.79 Å². The molecule has 9 heteroatoms. The summed E-state index contributed by atoms with van der Waals surface area (Å²) in [6, 6.07) is 0. The highest BCUT2D eigenvalue weighted by Crippen LogP contribution is 2.50. The molecule has 4 saturated heterocycles. The van der Waals surface area contributed by atoms with Gasteiger partial charge in [0.2, 0.25) is 0 Å². The van der Waals surface area contributed by atoms with Gasteiger partial charge in [-0.25, -0.2) is 0 Å². The first-order valence-electron chi connectivity index (χ1n) is 15.5. The van der Waals surface area contributed by atoms with E-state index in [1.165, 1.54) is 6.08 Å². The molecule has 2 bridgehead atoms. The molecule has 0 aromatic rings. The Hall–Kier alpha value is -1.59. The predicted octanol–water partition coefficient (Wildman–Crippen LogP) is 3.11. The van der Waals surface area contributed by atoms with E-state index in [4.69, 9.17) is 23.7 Å². The number of hydrogen-bond donors (Lipinski definition) is 3. The molecule has 6 aliphatic rings. The Kier molecular flexibility index (Phi) is 7.80. The summed E-state index contributed by atoms with van der Waals surface area (Å²) in [5, 5.41) is 33.0. The highest BCUT2D eigenvalue weighted by atomic mass is 16.7. The van der Waals surface area contributed by atoms with Crippen molar-refractivity contribution in [2.75, 3.05) is 13.2 Å². The summed E-state index contributed by atoms with van der Waals surface area (Å²) in [5.41, 5.74) is -1.33. The van der Waals surface area contributed by atoms with E-state index in [1.54, 1.807) is 6.08 Å². The molecule has 12 atom stereocenters. The lowest BCUT2D eigenvalue weighted by molar-refractivity contribution is -0.336. The summed E-state index contributed by atoms with van der Waals surface area (Å²) in [6.07, 6.45) is 9.26. The van der Waals surface area contributed by atoms with Crippen molar-refractivity contribution in [1.29, 1.82) is 0 Å². The van der Waals surface area contributed by atoms with Crippen LogP contribution < -0.4 is 0 Å². The summed E-state index contributed by atoms with van der Waals surface area (Å²) in [5.74, 6) is -1.97. The van der Waals surface area contributed by atoms with Gasteiger partial charge >= 0.3 is 5.97 Å². The average Bonchev–Trinajstić information content (AvgIpc) is 3.40. The second-order valence-electron chi connectivity index (χ2n) is 13.5. The van der Waals surface area contributed by atoms with Crippen LogP contribution >= 0.6 is 0 Å². The summed E-state index contributed by atoms with van der Waals surface area (Å²) >= 11 is 0. The fourth-order valence-corrected chi connectivity index (χ4v) is 8.00. The Morgan fingerprint density at radius 3 is 2.66 bits per heavy atom. The number of epoxide rings is 1. The molecule has 9 nitrogen and oxygen atoms in total. The topological polar surface area (TPSA) is 127 Å². The van der Waals surface area contributed by atoms with Gasteiger partial charge in [-0.1, -0.05) is 45.1 Å². The second-order valence-corrected chi connectivity index (χ2v) is 13.5. The first-order chi connectivity index (χ1) is 19.5. The minimum absolute atomic E-state index is 0.0505. The first kappa shape index (κ1) is 29.5. The zero-order valence-electron chi connectivity index (χ0n) is 24.7. The molecule has 6 rings (SSSR count). The molecule has 0 aromatic heterocycles. The second kappa shape index (κ2) is 10.8. The minimum Gasteiger partial charge on any atom is -0.462 e. The molecule has 0 radical (unpaired) electrons. The van der Waals surface area contributed by atoms with Crippen LogP contribution in [0, 0.1) is 17.8 Å². The Balaban J connectivity index is 1.36.